The molecule has 0 unspecified atom stereocenters. The minimum atomic E-state index is -0.722. The number of likely N-dealkylation sites (N-methyl/N-ethyl adjacent to an activating group) is 1. The van der Waals surface area contributed by atoms with Crippen molar-refractivity contribution in [3.63, 3.8) is 0 Å². The van der Waals surface area contributed by atoms with Gasteiger partial charge < -0.3 is 10.0 Å². The van der Waals surface area contributed by atoms with E-state index in [1.165, 1.54) is 0 Å². The zero-order valence-electron chi connectivity index (χ0n) is 9.66. The minimum Gasteiger partial charge on any atom is -0.480 e. The first-order valence-corrected chi connectivity index (χ1v) is 4.99. The molecule has 0 aliphatic heterocycles. The van der Waals surface area contributed by atoms with E-state index in [0.29, 0.717) is 0 Å². The molecule has 0 heterocycles. The quantitative estimate of drug-likeness (QED) is 0.618. The third-order valence-corrected chi connectivity index (χ3v) is 2.24. The topological polar surface area (TPSA) is 43.8 Å². The second-order valence-corrected chi connectivity index (χ2v) is 4.12. The van der Waals surface area contributed by atoms with Crippen LogP contribution in [0.5, 0.6) is 0 Å². The molecule has 1 N–H and O–H groups in total. The van der Waals surface area contributed by atoms with Gasteiger partial charge in [-0.25, -0.2) is 0 Å². The fourth-order valence-corrected chi connectivity index (χ4v) is 1.37. The van der Waals surface area contributed by atoms with Gasteiger partial charge in [0.15, 0.2) is 0 Å². The van der Waals surface area contributed by atoms with Crippen LogP contribution in [0.15, 0.2) is 0 Å². The Bertz CT molecular complexity index is 170. The number of carboxylic acid groups (broad SMARTS) is 1. The van der Waals surface area contributed by atoms with Gasteiger partial charge in [-0.05, 0) is 47.6 Å². The SMILES string of the molecule is CN(C)CCCC[C@@H](C(=O)O)N(C)C. The molecule has 0 aromatic heterocycles. The zero-order chi connectivity index (χ0) is 11.1. The molecule has 0 aromatic carbocycles. The summed E-state index contributed by atoms with van der Waals surface area (Å²) in [6.45, 7) is 1.03. The van der Waals surface area contributed by atoms with Crippen molar-refractivity contribution in [1.29, 1.82) is 0 Å². The smallest absolute Gasteiger partial charge is 0.320 e. The fourth-order valence-electron chi connectivity index (χ4n) is 1.37. The second kappa shape index (κ2) is 6.79. The Balaban J connectivity index is 3.67. The molecule has 0 amide bonds. The number of hydrogen-bond donors (Lipinski definition) is 1. The van der Waals surface area contributed by atoms with Crippen LogP contribution in [-0.4, -0.2) is 61.7 Å². The van der Waals surface area contributed by atoms with Gasteiger partial charge in [0.2, 0.25) is 0 Å². The van der Waals surface area contributed by atoms with E-state index in [9.17, 15) is 4.79 Å². The summed E-state index contributed by atoms with van der Waals surface area (Å²) in [5, 5.41) is 8.90. The van der Waals surface area contributed by atoms with Gasteiger partial charge in [-0.1, -0.05) is 6.42 Å². The van der Waals surface area contributed by atoms with Crippen LogP contribution < -0.4 is 0 Å². The summed E-state index contributed by atoms with van der Waals surface area (Å²) in [6.07, 6.45) is 2.76. The summed E-state index contributed by atoms with van der Waals surface area (Å²) < 4.78 is 0. The summed E-state index contributed by atoms with van der Waals surface area (Å²) >= 11 is 0. The average Bonchev–Trinajstić information content (AvgIpc) is 2.01. The Kier molecular flexibility index (Phi) is 6.49. The Morgan fingerprint density at radius 3 is 2.14 bits per heavy atom. The lowest BCUT2D eigenvalue weighted by atomic mass is 10.1. The molecule has 0 fully saturated rings. The lowest BCUT2D eigenvalue weighted by molar-refractivity contribution is -0.142. The molecule has 4 nitrogen and oxygen atoms in total. The number of nitrogens with zero attached hydrogens (tertiary/aromatic N) is 2. The van der Waals surface area contributed by atoms with Crippen LogP contribution in [0.4, 0.5) is 0 Å². The van der Waals surface area contributed by atoms with Crippen molar-refractivity contribution in [2.45, 2.75) is 25.3 Å². The van der Waals surface area contributed by atoms with Crippen molar-refractivity contribution >= 4 is 5.97 Å². The summed E-state index contributed by atoms with van der Waals surface area (Å²) in [5.74, 6) is -0.722. The van der Waals surface area contributed by atoms with Crippen molar-refractivity contribution < 1.29 is 9.90 Å². The molecule has 0 aliphatic carbocycles. The molecule has 0 spiro atoms. The number of hydrogen-bond acceptors (Lipinski definition) is 3. The molecule has 0 rings (SSSR count). The molecule has 0 saturated heterocycles. The van der Waals surface area contributed by atoms with E-state index < -0.39 is 5.97 Å². The maximum absolute atomic E-state index is 10.8. The Hall–Kier alpha value is -0.610. The predicted molar refractivity (Wildman–Crippen MR) is 57.5 cm³/mol. The molecule has 84 valence electrons. The summed E-state index contributed by atoms with van der Waals surface area (Å²) in [5.41, 5.74) is 0. The van der Waals surface area contributed by atoms with Gasteiger partial charge in [0.25, 0.3) is 0 Å². The predicted octanol–water partition coefficient (Wildman–Crippen LogP) is 0.733. The van der Waals surface area contributed by atoms with E-state index >= 15 is 0 Å². The molecule has 0 aromatic rings. The van der Waals surface area contributed by atoms with Crippen LogP contribution in [0, 0.1) is 0 Å². The van der Waals surface area contributed by atoms with Crippen LogP contribution in [0.3, 0.4) is 0 Å². The number of carbonyl (C=O) groups is 1. The van der Waals surface area contributed by atoms with E-state index in [-0.39, 0.29) is 6.04 Å². The molecular formula is C10H22N2O2. The summed E-state index contributed by atoms with van der Waals surface area (Å²) in [6, 6.07) is -0.336. The van der Waals surface area contributed by atoms with E-state index in [0.717, 1.165) is 25.8 Å². The average molecular weight is 202 g/mol. The lowest BCUT2D eigenvalue weighted by Crippen LogP contribution is -2.35. The number of unbranched alkanes of at least 4 members (excludes halogenated alkanes) is 1. The molecule has 1 atom stereocenters. The maximum Gasteiger partial charge on any atom is 0.320 e. The van der Waals surface area contributed by atoms with Crippen molar-refractivity contribution in [1.82, 2.24) is 9.80 Å². The van der Waals surface area contributed by atoms with Gasteiger partial charge >= 0.3 is 5.97 Å². The van der Waals surface area contributed by atoms with E-state index in [1.807, 2.05) is 28.2 Å². The van der Waals surface area contributed by atoms with Crippen LogP contribution in [-0.2, 0) is 4.79 Å². The van der Waals surface area contributed by atoms with E-state index in [4.69, 9.17) is 5.11 Å². The van der Waals surface area contributed by atoms with Crippen molar-refractivity contribution in [2.75, 3.05) is 34.7 Å². The van der Waals surface area contributed by atoms with Crippen molar-refractivity contribution in [3.8, 4) is 0 Å². The minimum absolute atomic E-state index is 0.336. The normalized spacial score (nSPS) is 13.6. The molecule has 14 heavy (non-hydrogen) atoms. The molecule has 0 radical (unpaired) electrons. The van der Waals surface area contributed by atoms with Gasteiger partial charge in [0.05, 0.1) is 0 Å². The van der Waals surface area contributed by atoms with Gasteiger partial charge in [-0.3, -0.25) is 9.69 Å². The fraction of sp³-hybridized carbons (Fsp3) is 0.900. The second-order valence-electron chi connectivity index (χ2n) is 4.12. The first-order chi connectivity index (χ1) is 6.45. The third kappa shape index (κ3) is 5.94. The Morgan fingerprint density at radius 1 is 1.21 bits per heavy atom. The molecule has 0 saturated carbocycles. The van der Waals surface area contributed by atoms with Gasteiger partial charge in [0.1, 0.15) is 6.04 Å². The molecular weight excluding hydrogens is 180 g/mol. The highest BCUT2D eigenvalue weighted by atomic mass is 16.4. The van der Waals surface area contributed by atoms with Crippen LogP contribution in [0.2, 0.25) is 0 Å². The standard InChI is InChI=1S/C10H22N2O2/c1-11(2)8-6-5-7-9(10(13)14)12(3)4/h9H,5-8H2,1-4H3,(H,13,14)/t9-/m0/s1. The summed E-state index contributed by atoms with van der Waals surface area (Å²) in [7, 11) is 7.68. The van der Waals surface area contributed by atoms with Crippen molar-refractivity contribution in [3.05, 3.63) is 0 Å². The van der Waals surface area contributed by atoms with E-state index in [2.05, 4.69) is 4.90 Å². The molecule has 0 aliphatic rings. The highest BCUT2D eigenvalue weighted by Gasteiger charge is 2.18. The third-order valence-electron chi connectivity index (χ3n) is 2.24. The maximum atomic E-state index is 10.8. The highest BCUT2D eigenvalue weighted by Crippen LogP contribution is 2.06. The largest absolute Gasteiger partial charge is 0.480 e. The monoisotopic (exact) mass is 202 g/mol. The van der Waals surface area contributed by atoms with Gasteiger partial charge in [-0.15, -0.1) is 0 Å². The zero-order valence-corrected chi connectivity index (χ0v) is 9.66. The first-order valence-electron chi connectivity index (χ1n) is 4.99. The Labute approximate surface area is 86.5 Å². The number of carboxylic acids is 1. The summed E-state index contributed by atoms with van der Waals surface area (Å²) in [4.78, 5) is 14.7. The number of aliphatic carboxylic acids is 1. The van der Waals surface area contributed by atoms with Gasteiger partial charge in [0, 0.05) is 0 Å². The van der Waals surface area contributed by atoms with E-state index in [1.54, 1.807) is 4.90 Å². The van der Waals surface area contributed by atoms with Crippen LogP contribution in [0.25, 0.3) is 0 Å². The molecule has 4 heteroatoms. The number of rotatable bonds is 7. The molecule has 0 bridgehead atoms. The van der Waals surface area contributed by atoms with Gasteiger partial charge in [-0.2, -0.15) is 0 Å². The van der Waals surface area contributed by atoms with Crippen LogP contribution in [0.1, 0.15) is 19.3 Å². The van der Waals surface area contributed by atoms with Crippen LogP contribution >= 0.6 is 0 Å². The lowest BCUT2D eigenvalue weighted by Gasteiger charge is -2.20. The highest BCUT2D eigenvalue weighted by molar-refractivity contribution is 5.73. The van der Waals surface area contributed by atoms with Crippen molar-refractivity contribution in [2.24, 2.45) is 0 Å². The first kappa shape index (κ1) is 13.4. The Morgan fingerprint density at radius 2 is 1.79 bits per heavy atom.